The normalized spacial score (nSPS) is 15.5. The molecule has 0 radical (unpaired) electrons. The highest BCUT2D eigenvalue weighted by molar-refractivity contribution is 6.30. The third-order valence-corrected chi connectivity index (χ3v) is 2.73. The van der Waals surface area contributed by atoms with Crippen LogP contribution in [0.3, 0.4) is 0 Å². The third kappa shape index (κ3) is 1.97. The average molecular weight is 218 g/mol. The minimum absolute atomic E-state index is 0.757. The number of benzene rings is 1. The molecule has 1 aromatic carbocycles. The van der Waals surface area contributed by atoms with Gasteiger partial charge in [-0.1, -0.05) is 36.4 Å². The summed E-state index contributed by atoms with van der Waals surface area (Å²) in [7, 11) is 2.01. The molecule has 15 heavy (non-hydrogen) atoms. The maximum Gasteiger partial charge on any atom is 0.0481 e. The lowest BCUT2D eigenvalue weighted by molar-refractivity contribution is 0.615. The van der Waals surface area contributed by atoms with Crippen molar-refractivity contribution in [1.29, 1.82) is 0 Å². The second kappa shape index (κ2) is 3.95. The van der Waals surface area contributed by atoms with Gasteiger partial charge >= 0.3 is 0 Å². The number of halogens is 1. The standard InChI is InChI=1S/C13H12ClN/c1-10-4-3-5-13(15(10)2)11-6-8-12(14)9-7-11/h3-9H,1H2,2H3. The Labute approximate surface area is 95.0 Å². The molecule has 0 atom stereocenters. The number of nitrogens with zero attached hydrogens (tertiary/aromatic N) is 1. The van der Waals surface area contributed by atoms with Crippen LogP contribution in [0.1, 0.15) is 5.56 Å². The minimum Gasteiger partial charge on any atom is -0.345 e. The molecular weight excluding hydrogens is 206 g/mol. The highest BCUT2D eigenvalue weighted by atomic mass is 35.5. The van der Waals surface area contributed by atoms with Gasteiger partial charge in [-0.3, -0.25) is 0 Å². The fourth-order valence-electron chi connectivity index (χ4n) is 1.54. The van der Waals surface area contributed by atoms with Crippen LogP contribution in [0.2, 0.25) is 5.02 Å². The molecule has 0 amide bonds. The first-order valence-electron chi connectivity index (χ1n) is 4.75. The molecule has 0 aromatic heterocycles. The van der Waals surface area contributed by atoms with Crippen molar-refractivity contribution in [1.82, 2.24) is 4.90 Å². The van der Waals surface area contributed by atoms with Crippen molar-refractivity contribution in [2.75, 3.05) is 7.05 Å². The quantitative estimate of drug-likeness (QED) is 0.694. The number of likely N-dealkylation sites (N-methyl/N-ethyl adjacent to an activating group) is 1. The van der Waals surface area contributed by atoms with Gasteiger partial charge in [0.15, 0.2) is 0 Å². The highest BCUT2D eigenvalue weighted by Crippen LogP contribution is 2.25. The molecular formula is C13H12ClN. The van der Waals surface area contributed by atoms with Gasteiger partial charge in [0, 0.05) is 23.5 Å². The fraction of sp³-hybridized carbons (Fsp3) is 0.0769. The van der Waals surface area contributed by atoms with E-state index in [4.69, 9.17) is 11.6 Å². The second-order valence-electron chi connectivity index (χ2n) is 3.47. The Kier molecular flexibility index (Phi) is 2.65. The van der Waals surface area contributed by atoms with Crippen LogP contribution in [-0.2, 0) is 0 Å². The van der Waals surface area contributed by atoms with E-state index >= 15 is 0 Å². The van der Waals surface area contributed by atoms with E-state index in [9.17, 15) is 0 Å². The zero-order valence-corrected chi connectivity index (χ0v) is 9.33. The summed E-state index contributed by atoms with van der Waals surface area (Å²) in [6.07, 6.45) is 6.06. The minimum atomic E-state index is 0.757. The van der Waals surface area contributed by atoms with Crippen LogP contribution >= 0.6 is 11.6 Å². The first kappa shape index (κ1) is 10.1. The Bertz CT molecular complexity index is 440. The third-order valence-electron chi connectivity index (χ3n) is 2.47. The molecule has 0 spiro atoms. The molecule has 0 unspecified atom stereocenters. The summed E-state index contributed by atoms with van der Waals surface area (Å²) in [6, 6.07) is 7.81. The van der Waals surface area contributed by atoms with Gasteiger partial charge in [-0.25, -0.2) is 0 Å². The molecule has 76 valence electrons. The molecule has 1 heterocycles. The van der Waals surface area contributed by atoms with E-state index in [1.54, 1.807) is 0 Å². The lowest BCUT2D eigenvalue weighted by atomic mass is 10.1. The average Bonchev–Trinajstić information content (AvgIpc) is 2.24. The van der Waals surface area contributed by atoms with E-state index in [0.29, 0.717) is 0 Å². The van der Waals surface area contributed by atoms with Crippen molar-refractivity contribution in [2.45, 2.75) is 0 Å². The van der Waals surface area contributed by atoms with E-state index in [1.807, 2.05) is 43.5 Å². The van der Waals surface area contributed by atoms with Gasteiger partial charge in [-0.15, -0.1) is 0 Å². The summed E-state index contributed by atoms with van der Waals surface area (Å²) in [5, 5.41) is 0.757. The van der Waals surface area contributed by atoms with Crippen LogP contribution in [0.15, 0.2) is 54.8 Å². The van der Waals surface area contributed by atoms with E-state index in [0.717, 1.165) is 22.0 Å². The summed E-state index contributed by atoms with van der Waals surface area (Å²) in [4.78, 5) is 2.06. The van der Waals surface area contributed by atoms with E-state index in [2.05, 4.69) is 17.6 Å². The zero-order valence-electron chi connectivity index (χ0n) is 8.57. The van der Waals surface area contributed by atoms with E-state index in [-0.39, 0.29) is 0 Å². The van der Waals surface area contributed by atoms with Crippen LogP contribution in [0, 0.1) is 0 Å². The van der Waals surface area contributed by atoms with Gasteiger partial charge in [-0.2, -0.15) is 0 Å². The van der Waals surface area contributed by atoms with Gasteiger partial charge in [0.05, 0.1) is 0 Å². The maximum absolute atomic E-state index is 5.85. The molecule has 0 aliphatic carbocycles. The topological polar surface area (TPSA) is 3.24 Å². The summed E-state index contributed by atoms with van der Waals surface area (Å²) in [5.41, 5.74) is 3.27. The Morgan fingerprint density at radius 1 is 1.20 bits per heavy atom. The van der Waals surface area contributed by atoms with Crippen molar-refractivity contribution >= 4 is 17.3 Å². The zero-order chi connectivity index (χ0) is 10.8. The molecule has 0 N–H and O–H groups in total. The van der Waals surface area contributed by atoms with E-state index < -0.39 is 0 Å². The van der Waals surface area contributed by atoms with Gasteiger partial charge in [0.2, 0.25) is 0 Å². The predicted octanol–water partition coefficient (Wildman–Crippen LogP) is 3.70. The van der Waals surface area contributed by atoms with Crippen LogP contribution in [0.5, 0.6) is 0 Å². The van der Waals surface area contributed by atoms with Crippen molar-refractivity contribution in [2.24, 2.45) is 0 Å². The largest absolute Gasteiger partial charge is 0.345 e. The highest BCUT2D eigenvalue weighted by Gasteiger charge is 2.10. The van der Waals surface area contributed by atoms with E-state index in [1.165, 1.54) is 0 Å². The van der Waals surface area contributed by atoms with Gasteiger partial charge in [0.1, 0.15) is 0 Å². The second-order valence-corrected chi connectivity index (χ2v) is 3.90. The lowest BCUT2D eigenvalue weighted by Crippen LogP contribution is -2.16. The SMILES string of the molecule is C=C1C=CC=C(c2ccc(Cl)cc2)N1C. The van der Waals surface area contributed by atoms with Gasteiger partial charge < -0.3 is 4.90 Å². The monoisotopic (exact) mass is 217 g/mol. The number of rotatable bonds is 1. The molecule has 2 heteroatoms. The fourth-order valence-corrected chi connectivity index (χ4v) is 1.67. The molecule has 0 saturated carbocycles. The number of allylic oxidation sites excluding steroid dienone is 3. The summed E-state index contributed by atoms with van der Waals surface area (Å²) in [6.45, 7) is 3.96. The molecule has 1 aliphatic heterocycles. The maximum atomic E-state index is 5.85. The van der Waals surface area contributed by atoms with Crippen molar-refractivity contribution in [3.05, 3.63) is 65.4 Å². The first-order valence-corrected chi connectivity index (χ1v) is 5.13. The Hall–Kier alpha value is -1.47. The summed E-state index contributed by atoms with van der Waals surface area (Å²) in [5.74, 6) is 0. The molecule has 1 nitrogen and oxygen atoms in total. The lowest BCUT2D eigenvalue weighted by Gasteiger charge is -2.25. The Balaban J connectivity index is 2.39. The Morgan fingerprint density at radius 3 is 2.53 bits per heavy atom. The molecule has 1 aromatic rings. The smallest absolute Gasteiger partial charge is 0.0481 e. The molecule has 1 aliphatic rings. The van der Waals surface area contributed by atoms with Crippen LogP contribution in [0.25, 0.3) is 5.70 Å². The number of hydrogen-bond acceptors (Lipinski definition) is 1. The molecule has 2 rings (SSSR count). The summed E-state index contributed by atoms with van der Waals surface area (Å²) < 4.78 is 0. The first-order chi connectivity index (χ1) is 7.18. The molecule has 0 saturated heterocycles. The van der Waals surface area contributed by atoms with Crippen molar-refractivity contribution in [3.63, 3.8) is 0 Å². The molecule has 0 bridgehead atoms. The van der Waals surface area contributed by atoms with Gasteiger partial charge in [-0.05, 0) is 29.8 Å². The van der Waals surface area contributed by atoms with Crippen LogP contribution < -0.4 is 0 Å². The summed E-state index contributed by atoms with van der Waals surface area (Å²) >= 11 is 5.85. The Morgan fingerprint density at radius 2 is 1.87 bits per heavy atom. The predicted molar refractivity (Wildman–Crippen MR) is 65.5 cm³/mol. The van der Waals surface area contributed by atoms with Crippen LogP contribution in [0.4, 0.5) is 0 Å². The molecule has 0 fully saturated rings. The van der Waals surface area contributed by atoms with Crippen molar-refractivity contribution in [3.8, 4) is 0 Å². The number of hydrogen-bond donors (Lipinski definition) is 0. The van der Waals surface area contributed by atoms with Crippen molar-refractivity contribution < 1.29 is 0 Å². The van der Waals surface area contributed by atoms with Crippen LogP contribution in [-0.4, -0.2) is 11.9 Å². The van der Waals surface area contributed by atoms with Gasteiger partial charge in [0.25, 0.3) is 0 Å².